The third-order valence-corrected chi connectivity index (χ3v) is 4.81. The topological polar surface area (TPSA) is 1310 Å². The third kappa shape index (κ3) is 134. The first kappa shape index (κ1) is 142. The van der Waals surface area contributed by atoms with E-state index in [4.69, 9.17) is 5.26 Å². The lowest BCUT2D eigenvalue weighted by Gasteiger charge is -2.07. The van der Waals surface area contributed by atoms with Crippen LogP contribution in [-0.4, -0.2) is 30.6 Å². The molecule has 140 nitrogen and oxygen atoms in total. The third-order valence-electron chi connectivity index (χ3n) is 4.81. The number of carbonyl (C=O) groups is 1. The van der Waals surface area contributed by atoms with Crippen LogP contribution >= 0.6 is 0 Å². The van der Waals surface area contributed by atoms with Crippen molar-refractivity contribution in [3.05, 3.63) is 0 Å². The molecule has 148 heavy (non-hydrogen) atoms. The second-order valence-corrected chi connectivity index (χ2v) is 11.7. The molecular formula is C8H16O140. The Labute approximate surface area is 758 Å². The van der Waals surface area contributed by atoms with Gasteiger partial charge in [-0.3, -0.25) is 0 Å². The molecule has 2 unspecified atom stereocenters. The van der Waals surface area contributed by atoms with Gasteiger partial charge in [-0.15, -0.1) is 0 Å². The Balaban J connectivity index is 3.13. The van der Waals surface area contributed by atoms with Crippen LogP contribution in [-0.2, 0) is 694 Å². The summed E-state index contributed by atoms with van der Waals surface area (Å²) in [5, 5.41) is 473. The van der Waals surface area contributed by atoms with E-state index < -0.39 is 18.7 Å². The summed E-state index contributed by atoms with van der Waals surface area (Å²) in [5.41, 5.74) is 0. The van der Waals surface area contributed by atoms with Gasteiger partial charge in [-0.1, -0.05) is 6.92 Å². The molecule has 0 saturated heterocycles. The Morgan fingerprint density at radius 2 is 0.216 bits per heavy atom. The summed E-state index contributed by atoms with van der Waals surface area (Å²) in [5.74, 6) is 0. The summed E-state index contributed by atoms with van der Waals surface area (Å²) < 4.78 is 4.39. The van der Waals surface area contributed by atoms with Crippen molar-refractivity contribution in [1.29, 1.82) is 0 Å². The molecule has 0 aliphatic heterocycles. The zero-order valence-electron chi connectivity index (χ0n) is 63.3. The Morgan fingerprint density at radius 3 is 0.304 bits per heavy atom. The minimum absolute atomic E-state index is 0.0286. The monoisotopic (exact) mass is 2350 g/mol. The van der Waals surface area contributed by atoms with Crippen LogP contribution < -0.4 is 0 Å². The summed E-state index contributed by atoms with van der Waals surface area (Å²) >= 11 is 0. The smallest absolute Gasteiger partial charge is 0.432 e. The summed E-state index contributed by atoms with van der Waals surface area (Å²) in [6.45, 7) is 3.88. The number of hydrogen-bond donors (Lipinski definition) is 1. The molecule has 0 saturated carbocycles. The van der Waals surface area contributed by atoms with Gasteiger partial charge in [0.25, 0.3) is 0 Å². The Morgan fingerprint density at radius 1 is 0.135 bits per heavy atom. The summed E-state index contributed by atoms with van der Waals surface area (Å²) in [6, 6.07) is 0. The highest BCUT2D eigenvalue weighted by atomic mass is 18.1. The van der Waals surface area contributed by atoms with Gasteiger partial charge in [0.15, 0.2) is 0 Å². The Bertz CT molecular complexity index is 2180. The van der Waals surface area contributed by atoms with Crippen LogP contribution in [0.4, 0.5) is 4.79 Å². The molecule has 0 amide bonds. The molecule has 0 aromatic heterocycles. The predicted molar refractivity (Wildman–Crippen MR) is 192 cm³/mol. The van der Waals surface area contributed by atoms with Crippen LogP contribution in [0.2, 0.25) is 0 Å². The van der Waals surface area contributed by atoms with E-state index in [-0.39, 0.29) is 6.61 Å². The maximum Gasteiger partial charge on any atom is 0.542 e. The van der Waals surface area contributed by atoms with E-state index in [9.17, 15) is 4.79 Å². The number of carbonyl (C=O) groups excluding carboxylic acids is 1. The minimum Gasteiger partial charge on any atom is -0.432 e. The molecule has 0 aromatic carbocycles. The van der Waals surface area contributed by atoms with Gasteiger partial charge in [0.1, 0.15) is 0 Å². The molecule has 0 heterocycles. The zero-order valence-corrected chi connectivity index (χ0v) is 63.3. The maximum atomic E-state index is 10.8. The average molecular weight is 2350 g/mol. The molecule has 0 aliphatic carbocycles. The molecular weight excluding hydrogens is 2340 g/mol. The lowest BCUT2D eigenvalue weighted by Crippen LogP contribution is -2.15. The fourth-order valence-electron chi connectivity index (χ4n) is 2.00. The SMILES string of the molecule is CCCOC(=O)OOOOOOOOOOOOOOOOOOOOOOOOOOOOOOOOOOOOOOOOOOOOOOOOOOOOOOOOOOOOOOOOOOOOOOOOOOOOOOOOOOOOOOOOOOOOOOOOOOOOOOOOOOOOOOOOOOOC(C)OOOOOOOOOOC(C)OOOOOOOOOOOOO. The minimum atomic E-state index is -1.52. The average Bonchev–Trinajstić information content (AvgIpc) is 1.04. The largest absolute Gasteiger partial charge is 0.542 e. The van der Waals surface area contributed by atoms with E-state index in [0.29, 0.717) is 6.42 Å². The van der Waals surface area contributed by atoms with Crippen molar-refractivity contribution in [1.82, 2.24) is 0 Å². The fraction of sp³-hybridized carbons (Fsp3) is 0.875. The second kappa shape index (κ2) is 135. The summed E-state index contributed by atoms with van der Waals surface area (Å²) in [6.07, 6.45) is -3.77. The molecule has 0 radical (unpaired) electrons. The first-order chi connectivity index (χ1) is 73.6. The molecule has 0 aliphatic rings. The molecule has 2 atom stereocenters. The molecule has 0 bridgehead atoms. The van der Waals surface area contributed by atoms with Gasteiger partial charge >= 0.3 is 6.16 Å². The zero-order chi connectivity index (χ0) is 106. The lowest BCUT2D eigenvalue weighted by atomic mass is 10.5. The van der Waals surface area contributed by atoms with Crippen LogP contribution in [0.5, 0.6) is 0 Å². The standard InChI is InChI=1S/C8H16O140/c1-4-5-11-8(9)16-22-28-34-40-44-47-49-51-53-55-57-59-61-63-65-67-69-71-73-75-77-79-81-83-85-87-89-91-93-95-97-99-101-103-105-107-109-111-113-115-117-119-121-123-125-127-129-131-133-135-137-139-141-143-145-147-148-146-144-142-140-138-136-134-132-130-128-126-124-122-120-118-116-114-112-110-108-106-104-102-100-98-96-94-92-90-88-86-84-82-80-78-76-74-72-70-68-66-64-62-60-58-56-54-52-50-48-46-43-39-33-27-21-15-7(3)13-19-25-31-37-36-30-24-18-12-6(2)14-20-26-32-38-42-45-41-35-29-23-17-10/h6-7,10H,4-5H2,1-3H3. The fourth-order valence-corrected chi connectivity index (χ4v) is 2.00. The lowest BCUT2D eigenvalue weighted by molar-refractivity contribution is -0.913. The maximum absolute atomic E-state index is 10.8. The Kier molecular flexibility index (Phi) is 129. The van der Waals surface area contributed by atoms with Crippen molar-refractivity contribution in [2.75, 3.05) is 6.61 Å². The van der Waals surface area contributed by atoms with Crippen LogP contribution in [0.25, 0.3) is 0 Å². The highest BCUT2D eigenvalue weighted by Gasteiger charge is 2.16. The van der Waals surface area contributed by atoms with Crippen molar-refractivity contribution < 1.29 is 704 Å². The number of ether oxygens (including phenoxy) is 1. The van der Waals surface area contributed by atoms with Gasteiger partial charge in [0.05, 0.1) is 6.61 Å². The van der Waals surface area contributed by atoms with Crippen LogP contribution in [0.3, 0.4) is 0 Å². The normalized spacial score (nSPS) is 12.2. The van der Waals surface area contributed by atoms with E-state index >= 15 is 0 Å². The van der Waals surface area contributed by atoms with E-state index in [2.05, 4.69) is 694 Å². The number of rotatable bonds is 140. The van der Waals surface area contributed by atoms with Crippen LogP contribution in [0, 0.1) is 0 Å². The van der Waals surface area contributed by atoms with E-state index in [1.54, 1.807) is 6.92 Å². The van der Waals surface area contributed by atoms with E-state index in [1.807, 2.05) is 0 Å². The molecule has 0 aromatic rings. The van der Waals surface area contributed by atoms with Crippen molar-refractivity contribution in [2.45, 2.75) is 39.8 Å². The summed E-state index contributed by atoms with van der Waals surface area (Å²) in [7, 11) is 0. The molecule has 0 spiro atoms. The first-order valence-electron chi connectivity index (χ1n) is 26.7. The Hall–Kier alpha value is -6.21. The van der Waals surface area contributed by atoms with Crippen molar-refractivity contribution >= 4 is 6.16 Å². The quantitative estimate of drug-likeness (QED) is 0.0194. The molecule has 140 heteroatoms. The van der Waals surface area contributed by atoms with Gasteiger partial charge in [-0.05, 0) is 156 Å². The van der Waals surface area contributed by atoms with Gasteiger partial charge in [-0.25, -0.2) is 14.9 Å². The van der Waals surface area contributed by atoms with Gasteiger partial charge in [-0.2, -0.15) is 19.6 Å². The van der Waals surface area contributed by atoms with Gasteiger partial charge in [0, 0.05) is 529 Å². The van der Waals surface area contributed by atoms with Crippen molar-refractivity contribution in [2.24, 2.45) is 0 Å². The molecule has 1 N–H and O–H groups in total. The summed E-state index contributed by atoms with van der Waals surface area (Å²) in [4.78, 5) is 31.5. The number of hydrogen-bond acceptors (Lipinski definition) is 140. The second-order valence-electron chi connectivity index (χ2n) is 11.7. The predicted octanol–water partition coefficient (Wildman–Crippen LogP) is -7.42. The molecule has 0 rings (SSSR count). The van der Waals surface area contributed by atoms with E-state index in [0.717, 1.165) is 13.8 Å². The molecule has 0 fully saturated rings. The highest BCUT2D eigenvalue weighted by Crippen LogP contribution is 2.08. The molecule has 888 valence electrons. The van der Waals surface area contributed by atoms with Crippen LogP contribution in [0.1, 0.15) is 27.2 Å². The van der Waals surface area contributed by atoms with E-state index in [1.165, 1.54) is 0 Å². The first-order valence-corrected chi connectivity index (χ1v) is 26.7. The van der Waals surface area contributed by atoms with Gasteiger partial charge in [0.2, 0.25) is 12.6 Å². The highest BCUT2D eigenvalue weighted by molar-refractivity contribution is 5.58. The van der Waals surface area contributed by atoms with Gasteiger partial charge < -0.3 is 4.74 Å². The van der Waals surface area contributed by atoms with Crippen LogP contribution in [0.15, 0.2) is 0 Å². The van der Waals surface area contributed by atoms with Crippen molar-refractivity contribution in [3.63, 3.8) is 0 Å². The van der Waals surface area contributed by atoms with Crippen molar-refractivity contribution in [3.8, 4) is 0 Å².